The Labute approximate surface area is 371 Å². The number of esters is 1. The van der Waals surface area contributed by atoms with Gasteiger partial charge in [-0.2, -0.15) is 0 Å². The van der Waals surface area contributed by atoms with E-state index in [2.05, 4.69) is 52.2 Å². The molecule has 0 saturated carbocycles. The molecule has 0 aliphatic carbocycles. The molecule has 6 aromatic rings. The normalized spacial score (nSPS) is 16.5. The van der Waals surface area contributed by atoms with E-state index in [1.165, 1.54) is 35.1 Å². The van der Waals surface area contributed by atoms with Gasteiger partial charge in [-0.05, 0) is 33.4 Å². The van der Waals surface area contributed by atoms with E-state index in [4.69, 9.17) is 37.8 Å². The minimum atomic E-state index is -0.996. The third-order valence-electron chi connectivity index (χ3n) is 10.4. The van der Waals surface area contributed by atoms with Crippen LogP contribution in [0, 0.1) is 0 Å². The first-order chi connectivity index (χ1) is 29.8. The van der Waals surface area contributed by atoms with Crippen molar-refractivity contribution in [2.24, 2.45) is 5.16 Å². The first kappa shape index (κ1) is 41.8. The molecule has 308 valence electrons. The van der Waals surface area contributed by atoms with Crippen molar-refractivity contribution in [3.05, 3.63) is 202 Å². The SMILES string of the molecule is CO/N=C(/C(=O)NC1C(=O)N2C(C(=O)OC(c3ccccc3)c3ccccc3)=C(CC(Cl)Cl)CSC12)c1csc(NC(c2ccccc2)(c2ccccc2)c2ccccc2)n1. The molecule has 1 fully saturated rings. The summed E-state index contributed by atoms with van der Waals surface area (Å²) >= 11 is 15.2. The second-order valence-electron chi connectivity index (χ2n) is 14.1. The van der Waals surface area contributed by atoms with E-state index in [0.717, 1.165) is 27.8 Å². The number of carbonyl (C=O) groups is 3. The fraction of sp³-hybridized carbons (Fsp3) is 0.170. The van der Waals surface area contributed by atoms with Gasteiger partial charge >= 0.3 is 5.97 Å². The first-order valence-corrected chi connectivity index (χ1v) is 22.2. The van der Waals surface area contributed by atoms with Crippen LogP contribution in [0.4, 0.5) is 5.13 Å². The lowest BCUT2D eigenvalue weighted by molar-refractivity contribution is -0.154. The summed E-state index contributed by atoms with van der Waals surface area (Å²) in [5.41, 5.74) is 4.36. The van der Waals surface area contributed by atoms with Crippen molar-refractivity contribution in [2.45, 2.75) is 34.3 Å². The largest absolute Gasteiger partial charge is 0.448 e. The average molecular weight is 889 g/mol. The fourth-order valence-electron chi connectivity index (χ4n) is 7.65. The number of thiazole rings is 1. The monoisotopic (exact) mass is 887 g/mol. The van der Waals surface area contributed by atoms with Gasteiger partial charge in [-0.1, -0.05) is 157 Å². The number of fused-ring (bicyclic) bond motifs is 1. The standard InChI is InChI=1S/C47H39Cl2N5O5S2/c1-58-53-38(36-29-61-46(50-36)52-47(33-21-11-4-12-22-33,34-23-13-5-14-24-34)35-25-15-6-16-26-35)42(55)51-39-43(56)54-40(32(27-37(48)49)28-60-44(39)54)45(57)59-41(30-17-7-2-8-18-30)31-19-9-3-10-20-31/h2-26,29,37,39,41,44H,27-28H2,1H3,(H,50,52)(H,51,55)/b53-38+. The maximum atomic E-state index is 14.3. The molecule has 8 rings (SSSR count). The predicted molar refractivity (Wildman–Crippen MR) is 241 cm³/mol. The van der Waals surface area contributed by atoms with Crippen molar-refractivity contribution in [1.29, 1.82) is 0 Å². The molecule has 2 amide bonds. The van der Waals surface area contributed by atoms with Crippen LogP contribution >= 0.6 is 46.3 Å². The molecule has 2 atom stereocenters. The molecule has 61 heavy (non-hydrogen) atoms. The van der Waals surface area contributed by atoms with Crippen molar-refractivity contribution in [2.75, 3.05) is 18.2 Å². The number of nitrogens with one attached hydrogen (secondary N) is 2. The van der Waals surface area contributed by atoms with E-state index in [1.54, 1.807) is 5.38 Å². The summed E-state index contributed by atoms with van der Waals surface area (Å²) in [5, 5.41) is 12.2. The zero-order valence-corrected chi connectivity index (χ0v) is 35.8. The number of anilines is 1. The molecule has 2 unspecified atom stereocenters. The highest BCUT2D eigenvalue weighted by Gasteiger charge is 2.55. The van der Waals surface area contributed by atoms with Crippen LogP contribution in [0.15, 0.2) is 173 Å². The molecule has 2 N–H and O–H groups in total. The molecule has 2 aliphatic heterocycles. The number of ether oxygens (including phenoxy) is 1. The minimum absolute atomic E-state index is 0.0714. The highest BCUT2D eigenvalue weighted by molar-refractivity contribution is 8.00. The average Bonchev–Trinajstić information content (AvgIpc) is 3.77. The van der Waals surface area contributed by atoms with E-state index in [1.807, 2.05) is 115 Å². The van der Waals surface area contributed by atoms with Crippen molar-refractivity contribution in [3.8, 4) is 0 Å². The number of thioether (sulfide) groups is 1. The number of carbonyl (C=O) groups excluding carboxylic acids is 3. The van der Waals surface area contributed by atoms with Gasteiger partial charge in [0.2, 0.25) is 0 Å². The first-order valence-electron chi connectivity index (χ1n) is 19.4. The lowest BCUT2D eigenvalue weighted by atomic mass is 9.77. The third-order valence-corrected chi connectivity index (χ3v) is 12.8. The molecular weight excluding hydrogens is 850 g/mol. The van der Waals surface area contributed by atoms with E-state index in [0.29, 0.717) is 16.5 Å². The summed E-state index contributed by atoms with van der Waals surface area (Å²) in [7, 11) is 1.33. The summed E-state index contributed by atoms with van der Waals surface area (Å²) in [6.07, 6.45) is -0.615. The molecule has 0 radical (unpaired) electrons. The number of hydrogen-bond donors (Lipinski definition) is 2. The van der Waals surface area contributed by atoms with Gasteiger partial charge in [0.05, 0.1) is 0 Å². The van der Waals surface area contributed by atoms with E-state index < -0.39 is 45.7 Å². The Balaban J connectivity index is 1.05. The molecule has 1 aromatic heterocycles. The maximum absolute atomic E-state index is 14.3. The van der Waals surface area contributed by atoms with Gasteiger partial charge in [-0.25, -0.2) is 9.78 Å². The fourth-order valence-corrected chi connectivity index (χ4v) is 10.1. The van der Waals surface area contributed by atoms with Crippen LogP contribution in [0.2, 0.25) is 0 Å². The van der Waals surface area contributed by atoms with Crippen LogP contribution in [-0.2, 0) is 29.5 Å². The highest BCUT2D eigenvalue weighted by atomic mass is 35.5. The van der Waals surface area contributed by atoms with E-state index in [9.17, 15) is 14.4 Å². The second kappa shape index (κ2) is 18.8. The maximum Gasteiger partial charge on any atom is 0.356 e. The lowest BCUT2D eigenvalue weighted by Crippen LogP contribution is -2.71. The highest BCUT2D eigenvalue weighted by Crippen LogP contribution is 2.44. The number of rotatable bonds is 15. The van der Waals surface area contributed by atoms with E-state index >= 15 is 0 Å². The number of nitrogens with zero attached hydrogens (tertiary/aromatic N) is 3. The van der Waals surface area contributed by atoms with Crippen LogP contribution in [0.3, 0.4) is 0 Å². The number of hydrogen-bond acceptors (Lipinski definition) is 10. The Morgan fingerprint density at radius 1 is 0.820 bits per heavy atom. The van der Waals surface area contributed by atoms with Crippen molar-refractivity contribution >= 4 is 74.9 Å². The number of aromatic nitrogens is 1. The van der Waals surface area contributed by atoms with Crippen LogP contribution in [-0.4, -0.2) is 62.5 Å². The van der Waals surface area contributed by atoms with Crippen LogP contribution in [0.1, 0.15) is 46.0 Å². The third kappa shape index (κ3) is 8.67. The molecule has 0 spiro atoms. The topological polar surface area (TPSA) is 122 Å². The van der Waals surface area contributed by atoms with Gasteiger partial charge in [0.25, 0.3) is 11.8 Å². The van der Waals surface area contributed by atoms with Crippen LogP contribution in [0.5, 0.6) is 0 Å². The molecule has 14 heteroatoms. The Bertz CT molecular complexity index is 2410. The lowest BCUT2D eigenvalue weighted by Gasteiger charge is -2.50. The summed E-state index contributed by atoms with van der Waals surface area (Å²) in [4.78, 5) is 53.0. The summed E-state index contributed by atoms with van der Waals surface area (Å²) in [6, 6.07) is 48.0. The van der Waals surface area contributed by atoms with Gasteiger partial charge in [0.15, 0.2) is 16.9 Å². The quantitative estimate of drug-likeness (QED) is 0.0262. The molecule has 1 saturated heterocycles. The number of halogens is 2. The minimum Gasteiger partial charge on any atom is -0.448 e. The van der Waals surface area contributed by atoms with Gasteiger partial charge < -0.3 is 20.2 Å². The Morgan fingerprint density at radius 3 is 1.82 bits per heavy atom. The van der Waals surface area contributed by atoms with Crippen LogP contribution in [0.25, 0.3) is 0 Å². The zero-order chi connectivity index (χ0) is 42.3. The summed E-state index contributed by atoms with van der Waals surface area (Å²) < 4.78 is 6.22. The van der Waals surface area contributed by atoms with Crippen molar-refractivity contribution in [3.63, 3.8) is 0 Å². The van der Waals surface area contributed by atoms with Gasteiger partial charge in [0.1, 0.15) is 40.3 Å². The number of amides is 2. The smallest absolute Gasteiger partial charge is 0.356 e. The summed E-state index contributed by atoms with van der Waals surface area (Å²) in [5.74, 6) is -1.55. The second-order valence-corrected chi connectivity index (χ2v) is 17.4. The predicted octanol–water partition coefficient (Wildman–Crippen LogP) is 9.08. The van der Waals surface area contributed by atoms with Crippen molar-refractivity contribution in [1.82, 2.24) is 15.2 Å². The van der Waals surface area contributed by atoms with Gasteiger partial charge in [0, 0.05) is 17.6 Å². The Morgan fingerprint density at radius 2 is 1.33 bits per heavy atom. The van der Waals surface area contributed by atoms with Crippen LogP contribution < -0.4 is 10.6 Å². The molecule has 5 aromatic carbocycles. The summed E-state index contributed by atoms with van der Waals surface area (Å²) in [6.45, 7) is 0. The molecule has 0 bridgehead atoms. The number of oxime groups is 1. The number of β-lactam (4-membered cyclic amide) rings is 1. The number of benzene rings is 5. The van der Waals surface area contributed by atoms with Gasteiger partial charge in [-0.3, -0.25) is 14.5 Å². The van der Waals surface area contributed by atoms with Crippen molar-refractivity contribution < 1.29 is 24.0 Å². The zero-order valence-electron chi connectivity index (χ0n) is 32.7. The molecule has 3 heterocycles. The van der Waals surface area contributed by atoms with E-state index in [-0.39, 0.29) is 23.5 Å². The molecular formula is C47H39Cl2N5O5S2. The molecule has 10 nitrogen and oxygen atoms in total. The molecule has 2 aliphatic rings. The number of alkyl halides is 2. The van der Waals surface area contributed by atoms with Gasteiger partial charge in [-0.15, -0.1) is 46.3 Å². The Hall–Kier alpha value is -5.92. The Kier molecular flexibility index (Phi) is 12.9.